The van der Waals surface area contributed by atoms with Crippen LogP contribution in [0.25, 0.3) is 0 Å². The summed E-state index contributed by atoms with van der Waals surface area (Å²) in [6.45, 7) is 10.2. The summed E-state index contributed by atoms with van der Waals surface area (Å²) in [4.78, 5) is 1.64. The molecule has 1 aliphatic carbocycles. The van der Waals surface area contributed by atoms with Gasteiger partial charge in [-0.05, 0) is 75.9 Å². The van der Waals surface area contributed by atoms with Crippen LogP contribution < -0.4 is 5.32 Å². The quantitative estimate of drug-likeness (QED) is 0.843. The first-order valence-corrected chi connectivity index (χ1v) is 7.64. The van der Waals surface area contributed by atoms with E-state index in [1.807, 2.05) is 11.3 Å². The van der Waals surface area contributed by atoms with Crippen molar-refractivity contribution in [2.24, 2.45) is 5.92 Å². The molecule has 0 aliphatic heterocycles. The van der Waals surface area contributed by atoms with E-state index in [4.69, 9.17) is 0 Å². The number of nitrogens with one attached hydrogen (secondary N) is 1. The van der Waals surface area contributed by atoms with Crippen molar-refractivity contribution < 1.29 is 0 Å². The SMILES string of the molecule is Cc1ccsc1C1CCCC1CNC(C)(C)C. The van der Waals surface area contributed by atoms with Crippen LogP contribution in [0.4, 0.5) is 0 Å². The van der Waals surface area contributed by atoms with Gasteiger partial charge in [-0.1, -0.05) is 6.42 Å². The molecule has 1 fully saturated rings. The zero-order chi connectivity index (χ0) is 12.5. The fourth-order valence-electron chi connectivity index (χ4n) is 2.83. The molecule has 0 spiro atoms. The summed E-state index contributed by atoms with van der Waals surface area (Å²) >= 11 is 1.96. The molecule has 0 aromatic carbocycles. The van der Waals surface area contributed by atoms with Gasteiger partial charge >= 0.3 is 0 Å². The van der Waals surface area contributed by atoms with E-state index in [1.165, 1.54) is 31.4 Å². The van der Waals surface area contributed by atoms with Gasteiger partial charge in [0.2, 0.25) is 0 Å². The Hall–Kier alpha value is -0.340. The lowest BCUT2D eigenvalue weighted by Crippen LogP contribution is -2.39. The third-order valence-electron chi connectivity index (χ3n) is 3.79. The van der Waals surface area contributed by atoms with Gasteiger partial charge in [0.15, 0.2) is 0 Å². The highest BCUT2D eigenvalue weighted by Gasteiger charge is 2.30. The molecule has 2 atom stereocenters. The topological polar surface area (TPSA) is 12.0 Å². The van der Waals surface area contributed by atoms with E-state index in [0.29, 0.717) is 0 Å². The van der Waals surface area contributed by atoms with E-state index >= 15 is 0 Å². The van der Waals surface area contributed by atoms with Crippen LogP contribution in [-0.2, 0) is 0 Å². The summed E-state index contributed by atoms with van der Waals surface area (Å²) in [6, 6.07) is 2.27. The second kappa shape index (κ2) is 5.11. The molecule has 1 heterocycles. The molecule has 17 heavy (non-hydrogen) atoms. The maximum Gasteiger partial charge on any atom is 0.0109 e. The average Bonchev–Trinajstić information content (AvgIpc) is 2.81. The third kappa shape index (κ3) is 3.32. The molecule has 2 rings (SSSR count). The number of aryl methyl sites for hydroxylation is 1. The molecule has 0 amide bonds. The Morgan fingerprint density at radius 2 is 2.12 bits per heavy atom. The smallest absolute Gasteiger partial charge is 0.0109 e. The van der Waals surface area contributed by atoms with Crippen molar-refractivity contribution in [1.29, 1.82) is 0 Å². The fourth-order valence-corrected chi connectivity index (χ4v) is 3.99. The van der Waals surface area contributed by atoms with Gasteiger partial charge in [0.25, 0.3) is 0 Å². The Bertz CT molecular complexity index is 361. The monoisotopic (exact) mass is 251 g/mol. The molecular weight excluding hydrogens is 226 g/mol. The third-order valence-corrected chi connectivity index (χ3v) is 4.94. The molecule has 2 heteroatoms. The first-order valence-electron chi connectivity index (χ1n) is 6.76. The van der Waals surface area contributed by atoms with Crippen LogP contribution in [0.1, 0.15) is 56.4 Å². The molecule has 96 valence electrons. The first-order chi connectivity index (χ1) is 7.97. The molecule has 1 aromatic rings. The van der Waals surface area contributed by atoms with Gasteiger partial charge in [0.1, 0.15) is 0 Å². The van der Waals surface area contributed by atoms with Crippen molar-refractivity contribution in [2.45, 2.75) is 58.4 Å². The molecular formula is C15H25NS. The van der Waals surface area contributed by atoms with E-state index in [0.717, 1.165) is 11.8 Å². The van der Waals surface area contributed by atoms with Crippen LogP contribution >= 0.6 is 11.3 Å². The summed E-state index contributed by atoms with van der Waals surface area (Å²) in [7, 11) is 0. The molecule has 2 unspecified atom stereocenters. The normalized spacial score (nSPS) is 25.4. The fraction of sp³-hybridized carbons (Fsp3) is 0.733. The summed E-state index contributed by atoms with van der Waals surface area (Å²) in [6.07, 6.45) is 4.18. The number of thiophene rings is 1. The lowest BCUT2D eigenvalue weighted by atomic mass is 9.92. The van der Waals surface area contributed by atoms with Gasteiger partial charge in [0, 0.05) is 10.4 Å². The zero-order valence-corrected chi connectivity index (χ0v) is 12.4. The van der Waals surface area contributed by atoms with Crippen LogP contribution in [0.3, 0.4) is 0 Å². The highest BCUT2D eigenvalue weighted by Crippen LogP contribution is 2.42. The largest absolute Gasteiger partial charge is 0.312 e. The predicted molar refractivity (Wildman–Crippen MR) is 76.9 cm³/mol. The van der Waals surface area contributed by atoms with E-state index < -0.39 is 0 Å². The van der Waals surface area contributed by atoms with Crippen molar-refractivity contribution in [1.82, 2.24) is 5.32 Å². The summed E-state index contributed by atoms with van der Waals surface area (Å²) < 4.78 is 0. The van der Waals surface area contributed by atoms with Crippen molar-refractivity contribution in [3.05, 3.63) is 21.9 Å². The molecule has 0 bridgehead atoms. The Morgan fingerprint density at radius 3 is 2.71 bits per heavy atom. The lowest BCUT2D eigenvalue weighted by molar-refractivity contribution is 0.358. The lowest BCUT2D eigenvalue weighted by Gasteiger charge is -2.26. The summed E-state index contributed by atoms with van der Waals surface area (Å²) in [5.74, 6) is 1.65. The van der Waals surface area contributed by atoms with Gasteiger partial charge in [0.05, 0.1) is 0 Å². The van der Waals surface area contributed by atoms with Gasteiger partial charge in [-0.15, -0.1) is 11.3 Å². The van der Waals surface area contributed by atoms with Crippen molar-refractivity contribution in [3.8, 4) is 0 Å². The Morgan fingerprint density at radius 1 is 1.35 bits per heavy atom. The highest BCUT2D eigenvalue weighted by atomic mass is 32.1. The molecule has 1 saturated carbocycles. The Labute approximate surface area is 110 Å². The van der Waals surface area contributed by atoms with Crippen LogP contribution in [0.5, 0.6) is 0 Å². The number of hydrogen-bond acceptors (Lipinski definition) is 2. The molecule has 0 saturated heterocycles. The predicted octanol–water partition coefficient (Wildman–Crippen LogP) is 4.33. The first kappa shape index (κ1) is 13.1. The van der Waals surface area contributed by atoms with E-state index in [-0.39, 0.29) is 5.54 Å². The Balaban J connectivity index is 2.01. The van der Waals surface area contributed by atoms with Crippen molar-refractivity contribution in [2.75, 3.05) is 6.54 Å². The number of hydrogen-bond donors (Lipinski definition) is 1. The average molecular weight is 251 g/mol. The number of rotatable bonds is 3. The van der Waals surface area contributed by atoms with E-state index in [9.17, 15) is 0 Å². The van der Waals surface area contributed by atoms with Gasteiger partial charge in [-0.2, -0.15) is 0 Å². The van der Waals surface area contributed by atoms with Gasteiger partial charge < -0.3 is 5.32 Å². The highest BCUT2D eigenvalue weighted by molar-refractivity contribution is 7.10. The molecule has 1 N–H and O–H groups in total. The van der Waals surface area contributed by atoms with E-state index in [1.54, 1.807) is 4.88 Å². The van der Waals surface area contributed by atoms with E-state index in [2.05, 4.69) is 44.5 Å². The zero-order valence-electron chi connectivity index (χ0n) is 11.5. The standard InChI is InChI=1S/C15H25NS/c1-11-8-9-17-14(11)13-7-5-6-12(13)10-16-15(2,3)4/h8-9,12-13,16H,5-7,10H2,1-4H3. The maximum atomic E-state index is 3.68. The van der Waals surface area contributed by atoms with Gasteiger partial charge in [-0.3, -0.25) is 0 Å². The minimum Gasteiger partial charge on any atom is -0.312 e. The van der Waals surface area contributed by atoms with Crippen LogP contribution in [0.15, 0.2) is 11.4 Å². The molecule has 0 radical (unpaired) electrons. The molecule has 1 aromatic heterocycles. The maximum absolute atomic E-state index is 3.68. The minimum absolute atomic E-state index is 0.248. The Kier molecular flexibility index (Phi) is 3.94. The van der Waals surface area contributed by atoms with Gasteiger partial charge in [-0.25, -0.2) is 0 Å². The van der Waals surface area contributed by atoms with Crippen LogP contribution in [0.2, 0.25) is 0 Å². The molecule has 1 nitrogen and oxygen atoms in total. The second-order valence-corrected chi connectivity index (χ2v) is 7.34. The summed E-state index contributed by atoms with van der Waals surface area (Å²) in [5, 5.41) is 5.93. The minimum atomic E-state index is 0.248. The molecule has 1 aliphatic rings. The summed E-state index contributed by atoms with van der Waals surface area (Å²) in [5.41, 5.74) is 1.75. The second-order valence-electron chi connectivity index (χ2n) is 6.40. The van der Waals surface area contributed by atoms with Crippen LogP contribution in [0, 0.1) is 12.8 Å². The van der Waals surface area contributed by atoms with Crippen molar-refractivity contribution >= 4 is 11.3 Å². The van der Waals surface area contributed by atoms with Crippen molar-refractivity contribution in [3.63, 3.8) is 0 Å². The van der Waals surface area contributed by atoms with Crippen LogP contribution in [-0.4, -0.2) is 12.1 Å².